The Kier molecular flexibility index (Phi) is 5.42. The third-order valence-corrected chi connectivity index (χ3v) is 2.17. The molecule has 0 spiro atoms. The molecule has 0 saturated carbocycles. The first-order valence-corrected chi connectivity index (χ1v) is 4.65. The molecule has 0 bridgehead atoms. The minimum Gasteiger partial charge on any atom is -0.393 e. The molecule has 0 aromatic heterocycles. The molecule has 12 heavy (non-hydrogen) atoms. The zero-order chi connectivity index (χ0) is 9.61. The summed E-state index contributed by atoms with van der Waals surface area (Å²) in [4.78, 5) is 2.08. The second-order valence-corrected chi connectivity index (χ2v) is 3.11. The lowest BCUT2D eigenvalue weighted by Crippen LogP contribution is -2.41. The van der Waals surface area contributed by atoms with E-state index >= 15 is 0 Å². The van der Waals surface area contributed by atoms with Crippen molar-refractivity contribution < 1.29 is 9.50 Å². The Hall–Kier alpha value is -0.150. The van der Waals surface area contributed by atoms with Crippen molar-refractivity contribution in [2.24, 2.45) is 0 Å². The van der Waals surface area contributed by atoms with Gasteiger partial charge in [0.25, 0.3) is 0 Å². The van der Waals surface area contributed by atoms with E-state index in [0.717, 1.165) is 13.1 Å². The fourth-order valence-electron chi connectivity index (χ4n) is 1.18. The molecule has 74 valence electrons. The lowest BCUT2D eigenvalue weighted by molar-refractivity contribution is 0.0152. The molecule has 1 fully saturated rings. The monoisotopic (exact) mass is 177 g/mol. The molecule has 0 radical (unpaired) electrons. The largest absolute Gasteiger partial charge is 0.393 e. The highest BCUT2D eigenvalue weighted by molar-refractivity contribution is 4.84. The molecule has 1 heterocycles. The van der Waals surface area contributed by atoms with Crippen LogP contribution in [0.5, 0.6) is 0 Å². The van der Waals surface area contributed by atoms with Crippen LogP contribution >= 0.6 is 0 Å². The number of piperidine rings is 1. The first-order valence-electron chi connectivity index (χ1n) is 4.65. The summed E-state index contributed by atoms with van der Waals surface area (Å²) >= 11 is 0. The molecule has 1 saturated heterocycles. The Balaban J connectivity index is 0.000000561. The van der Waals surface area contributed by atoms with Gasteiger partial charge in [0.1, 0.15) is 5.67 Å². The fourth-order valence-corrected chi connectivity index (χ4v) is 1.18. The molecule has 2 nitrogen and oxygen atoms in total. The van der Waals surface area contributed by atoms with Crippen LogP contribution in [-0.2, 0) is 0 Å². The molecule has 0 aromatic rings. The predicted octanol–water partition coefficient (Wildman–Crippen LogP) is 1.44. The van der Waals surface area contributed by atoms with E-state index in [2.05, 4.69) is 4.90 Å². The van der Waals surface area contributed by atoms with Gasteiger partial charge >= 0.3 is 0 Å². The zero-order valence-electron chi connectivity index (χ0n) is 8.31. The fraction of sp³-hybridized carbons (Fsp3) is 1.00. The summed E-state index contributed by atoms with van der Waals surface area (Å²) < 4.78 is 13.2. The zero-order valence-corrected chi connectivity index (χ0v) is 8.31. The predicted molar refractivity (Wildman–Crippen MR) is 49.0 cm³/mol. The maximum Gasteiger partial charge on any atom is 0.136 e. The van der Waals surface area contributed by atoms with Gasteiger partial charge in [-0.3, -0.25) is 0 Å². The van der Waals surface area contributed by atoms with Crippen LogP contribution in [0.15, 0.2) is 0 Å². The van der Waals surface area contributed by atoms with Gasteiger partial charge in [-0.2, -0.15) is 0 Å². The van der Waals surface area contributed by atoms with E-state index < -0.39 is 5.67 Å². The van der Waals surface area contributed by atoms with Crippen molar-refractivity contribution in [3.63, 3.8) is 0 Å². The molecule has 1 N–H and O–H groups in total. The number of rotatable bonds is 1. The number of alkyl halides is 1. The Bertz CT molecular complexity index is 111. The molecule has 0 aromatic carbocycles. The summed E-state index contributed by atoms with van der Waals surface area (Å²) in [6, 6.07) is 0. The minimum absolute atomic E-state index is 0.319. The maximum absolute atomic E-state index is 13.2. The Labute approximate surface area is 74.4 Å². The van der Waals surface area contributed by atoms with Gasteiger partial charge in [-0.05, 0) is 19.9 Å². The average molecular weight is 177 g/mol. The van der Waals surface area contributed by atoms with Gasteiger partial charge in [-0.15, -0.1) is 0 Å². The summed E-state index contributed by atoms with van der Waals surface area (Å²) in [6.07, 6.45) is 0.944. The van der Waals surface area contributed by atoms with Gasteiger partial charge < -0.3 is 10.0 Å². The number of nitrogens with zero attached hydrogens (tertiary/aromatic N) is 1. The molecule has 3 heteroatoms. The average Bonchev–Trinajstić information content (AvgIpc) is 2.14. The summed E-state index contributed by atoms with van der Waals surface area (Å²) in [5.41, 5.74) is -1.29. The van der Waals surface area contributed by atoms with Crippen molar-refractivity contribution in [1.82, 2.24) is 4.90 Å². The highest BCUT2D eigenvalue weighted by atomic mass is 19.1. The molecular formula is C9H20FNO. The summed E-state index contributed by atoms with van der Waals surface area (Å²) in [6.45, 7) is 5.20. The van der Waals surface area contributed by atoms with E-state index in [4.69, 9.17) is 5.11 Å². The Morgan fingerprint density at radius 2 is 1.75 bits per heavy atom. The molecular weight excluding hydrogens is 157 g/mol. The smallest absolute Gasteiger partial charge is 0.136 e. The van der Waals surface area contributed by atoms with Crippen LogP contribution in [0.25, 0.3) is 0 Å². The standard InChI is InChI=1S/C7H14FNO.C2H6/c1-9-4-2-7(8,6-10)3-5-9;1-2/h10H,2-6H2,1H3;1-2H3. The van der Waals surface area contributed by atoms with E-state index in [1.54, 1.807) is 0 Å². The molecule has 0 atom stereocenters. The second kappa shape index (κ2) is 5.49. The van der Waals surface area contributed by atoms with Crippen molar-refractivity contribution in [2.75, 3.05) is 26.7 Å². The van der Waals surface area contributed by atoms with Crippen LogP contribution in [0, 0.1) is 0 Å². The molecule has 1 rings (SSSR count). The van der Waals surface area contributed by atoms with Crippen molar-refractivity contribution in [2.45, 2.75) is 32.4 Å². The Morgan fingerprint density at radius 3 is 2.08 bits per heavy atom. The number of likely N-dealkylation sites (tertiary alicyclic amines) is 1. The van der Waals surface area contributed by atoms with Gasteiger partial charge in [-0.1, -0.05) is 13.8 Å². The summed E-state index contributed by atoms with van der Waals surface area (Å²) in [5.74, 6) is 0. The topological polar surface area (TPSA) is 23.5 Å². The number of hydrogen-bond acceptors (Lipinski definition) is 2. The van der Waals surface area contributed by atoms with E-state index in [-0.39, 0.29) is 6.61 Å². The molecule has 0 amide bonds. The summed E-state index contributed by atoms with van der Waals surface area (Å²) in [5, 5.41) is 8.64. The van der Waals surface area contributed by atoms with E-state index in [9.17, 15) is 4.39 Å². The van der Waals surface area contributed by atoms with E-state index in [1.165, 1.54) is 0 Å². The van der Waals surface area contributed by atoms with Crippen LogP contribution in [0.1, 0.15) is 26.7 Å². The highest BCUT2D eigenvalue weighted by Crippen LogP contribution is 2.24. The van der Waals surface area contributed by atoms with Gasteiger partial charge in [0.2, 0.25) is 0 Å². The molecule has 1 aliphatic heterocycles. The third kappa shape index (κ3) is 3.50. The third-order valence-electron chi connectivity index (χ3n) is 2.17. The van der Waals surface area contributed by atoms with Gasteiger partial charge in [0.05, 0.1) is 6.61 Å². The van der Waals surface area contributed by atoms with Crippen LogP contribution in [-0.4, -0.2) is 42.4 Å². The number of aliphatic hydroxyl groups is 1. The molecule has 0 aliphatic carbocycles. The highest BCUT2D eigenvalue weighted by Gasteiger charge is 2.32. The quantitative estimate of drug-likeness (QED) is 0.655. The lowest BCUT2D eigenvalue weighted by Gasteiger charge is -2.32. The minimum atomic E-state index is -1.29. The normalized spacial score (nSPS) is 22.8. The van der Waals surface area contributed by atoms with Gasteiger partial charge in [-0.25, -0.2) is 4.39 Å². The lowest BCUT2D eigenvalue weighted by atomic mass is 9.95. The first-order chi connectivity index (χ1) is 5.66. The van der Waals surface area contributed by atoms with Crippen molar-refractivity contribution in [3.05, 3.63) is 0 Å². The van der Waals surface area contributed by atoms with E-state index in [0.29, 0.717) is 12.8 Å². The van der Waals surface area contributed by atoms with E-state index in [1.807, 2.05) is 20.9 Å². The SMILES string of the molecule is CC.CN1CCC(F)(CO)CC1. The van der Waals surface area contributed by atoms with Crippen molar-refractivity contribution in [1.29, 1.82) is 0 Å². The summed E-state index contributed by atoms with van der Waals surface area (Å²) in [7, 11) is 1.97. The Morgan fingerprint density at radius 1 is 1.33 bits per heavy atom. The maximum atomic E-state index is 13.2. The van der Waals surface area contributed by atoms with Gasteiger partial charge in [0, 0.05) is 13.1 Å². The van der Waals surface area contributed by atoms with Crippen molar-refractivity contribution in [3.8, 4) is 0 Å². The van der Waals surface area contributed by atoms with Crippen LogP contribution in [0.3, 0.4) is 0 Å². The van der Waals surface area contributed by atoms with Crippen molar-refractivity contribution >= 4 is 0 Å². The number of halogens is 1. The second-order valence-electron chi connectivity index (χ2n) is 3.11. The van der Waals surface area contributed by atoms with Crippen LogP contribution < -0.4 is 0 Å². The molecule has 1 aliphatic rings. The molecule has 0 unspecified atom stereocenters. The number of aliphatic hydroxyl groups excluding tert-OH is 1. The first kappa shape index (κ1) is 11.8. The van der Waals surface area contributed by atoms with Gasteiger partial charge in [0.15, 0.2) is 0 Å². The number of hydrogen-bond donors (Lipinski definition) is 1. The van der Waals surface area contributed by atoms with Crippen LogP contribution in [0.4, 0.5) is 4.39 Å². The van der Waals surface area contributed by atoms with Crippen LogP contribution in [0.2, 0.25) is 0 Å².